The van der Waals surface area contributed by atoms with Gasteiger partial charge >= 0.3 is 0 Å². The summed E-state index contributed by atoms with van der Waals surface area (Å²) in [6.45, 7) is 0. The third kappa shape index (κ3) is 1.75. The fourth-order valence-electron chi connectivity index (χ4n) is 1.87. The lowest BCUT2D eigenvalue weighted by Crippen LogP contribution is -2.02. The number of pyridine rings is 1. The first kappa shape index (κ1) is 11.2. The standard InChI is InChI=1S/C14H8BrNO2/c15-11-6-8-18-14(11)13(17)10-5-7-16-12-4-2-1-3-9(10)12/h1-8H. The van der Waals surface area contributed by atoms with Gasteiger partial charge < -0.3 is 4.42 Å². The average Bonchev–Trinajstić information content (AvgIpc) is 2.83. The Bertz CT molecular complexity index is 728. The van der Waals surface area contributed by atoms with Gasteiger partial charge in [0.15, 0.2) is 5.76 Å². The van der Waals surface area contributed by atoms with Crippen molar-refractivity contribution in [1.82, 2.24) is 4.98 Å². The van der Waals surface area contributed by atoms with Crippen LogP contribution in [0.2, 0.25) is 0 Å². The maximum atomic E-state index is 12.4. The van der Waals surface area contributed by atoms with Gasteiger partial charge in [0.1, 0.15) is 0 Å². The minimum Gasteiger partial charge on any atom is -0.460 e. The SMILES string of the molecule is O=C(c1occc1Br)c1ccnc2ccccc12. The summed E-state index contributed by atoms with van der Waals surface area (Å²) in [5.41, 5.74) is 1.39. The van der Waals surface area contributed by atoms with Crippen molar-refractivity contribution in [2.24, 2.45) is 0 Å². The molecule has 88 valence electrons. The predicted molar refractivity (Wildman–Crippen MR) is 71.6 cm³/mol. The number of aromatic nitrogens is 1. The molecule has 0 spiro atoms. The second kappa shape index (κ2) is 4.38. The molecule has 1 aromatic carbocycles. The Morgan fingerprint density at radius 2 is 2.00 bits per heavy atom. The zero-order chi connectivity index (χ0) is 12.5. The summed E-state index contributed by atoms with van der Waals surface area (Å²) in [5.74, 6) is 0.164. The predicted octanol–water partition coefficient (Wildman–Crippen LogP) is 3.82. The topological polar surface area (TPSA) is 43.1 Å². The number of hydrogen-bond acceptors (Lipinski definition) is 3. The number of rotatable bonds is 2. The Balaban J connectivity index is 2.21. The number of hydrogen-bond donors (Lipinski definition) is 0. The van der Waals surface area contributed by atoms with E-state index in [2.05, 4.69) is 20.9 Å². The van der Waals surface area contributed by atoms with Crippen molar-refractivity contribution in [3.63, 3.8) is 0 Å². The molecule has 0 unspecified atom stereocenters. The highest BCUT2D eigenvalue weighted by Crippen LogP contribution is 2.24. The van der Waals surface area contributed by atoms with E-state index in [1.165, 1.54) is 6.26 Å². The fourth-order valence-corrected chi connectivity index (χ4v) is 2.25. The number of nitrogens with zero attached hydrogens (tertiary/aromatic N) is 1. The van der Waals surface area contributed by atoms with Crippen molar-refractivity contribution in [1.29, 1.82) is 0 Å². The molecule has 3 rings (SSSR count). The van der Waals surface area contributed by atoms with Crippen molar-refractivity contribution >= 4 is 32.6 Å². The molecule has 0 bridgehead atoms. The fraction of sp³-hybridized carbons (Fsp3) is 0. The molecule has 0 saturated heterocycles. The quantitative estimate of drug-likeness (QED) is 0.676. The van der Waals surface area contributed by atoms with Gasteiger partial charge in [-0.3, -0.25) is 9.78 Å². The number of benzene rings is 1. The number of carbonyl (C=O) groups excluding carboxylic acids is 1. The molecule has 0 aliphatic carbocycles. The lowest BCUT2D eigenvalue weighted by molar-refractivity contribution is 0.101. The van der Waals surface area contributed by atoms with Gasteiger partial charge in [-0.2, -0.15) is 0 Å². The summed E-state index contributed by atoms with van der Waals surface area (Å²) < 4.78 is 5.87. The number of halogens is 1. The molecule has 3 aromatic rings. The highest BCUT2D eigenvalue weighted by Gasteiger charge is 2.18. The van der Waals surface area contributed by atoms with Gasteiger partial charge in [0.25, 0.3) is 0 Å². The average molecular weight is 302 g/mol. The van der Waals surface area contributed by atoms with Gasteiger partial charge in [0.2, 0.25) is 5.78 Å². The number of para-hydroxylation sites is 1. The van der Waals surface area contributed by atoms with Gasteiger partial charge in [-0.05, 0) is 34.1 Å². The molecule has 4 heteroatoms. The molecular weight excluding hydrogens is 294 g/mol. The van der Waals surface area contributed by atoms with Gasteiger partial charge in [-0.1, -0.05) is 18.2 Å². The van der Waals surface area contributed by atoms with E-state index in [1.807, 2.05) is 24.3 Å². The second-order valence-electron chi connectivity index (χ2n) is 3.80. The van der Waals surface area contributed by atoms with E-state index < -0.39 is 0 Å². The van der Waals surface area contributed by atoms with E-state index in [1.54, 1.807) is 18.3 Å². The smallest absolute Gasteiger partial charge is 0.230 e. The van der Waals surface area contributed by atoms with Crippen molar-refractivity contribution in [3.05, 3.63) is 64.7 Å². The van der Waals surface area contributed by atoms with Gasteiger partial charge in [0.05, 0.1) is 16.3 Å². The summed E-state index contributed by atoms with van der Waals surface area (Å²) >= 11 is 3.30. The maximum Gasteiger partial charge on any atom is 0.230 e. The lowest BCUT2D eigenvalue weighted by atomic mass is 10.0. The van der Waals surface area contributed by atoms with Crippen LogP contribution in [0.5, 0.6) is 0 Å². The van der Waals surface area contributed by atoms with Crippen LogP contribution < -0.4 is 0 Å². The normalized spacial score (nSPS) is 10.7. The summed E-state index contributed by atoms with van der Waals surface area (Å²) in [6.07, 6.45) is 3.12. The zero-order valence-corrected chi connectivity index (χ0v) is 10.8. The van der Waals surface area contributed by atoms with Crippen molar-refractivity contribution < 1.29 is 9.21 Å². The van der Waals surface area contributed by atoms with Crippen LogP contribution in [0, 0.1) is 0 Å². The van der Waals surface area contributed by atoms with Crippen molar-refractivity contribution in [2.45, 2.75) is 0 Å². The first-order chi connectivity index (χ1) is 8.77. The van der Waals surface area contributed by atoms with E-state index in [9.17, 15) is 4.79 Å². The maximum absolute atomic E-state index is 12.4. The Hall–Kier alpha value is -1.94. The van der Waals surface area contributed by atoms with Crippen LogP contribution in [0.4, 0.5) is 0 Å². The van der Waals surface area contributed by atoms with E-state index in [-0.39, 0.29) is 5.78 Å². The number of carbonyl (C=O) groups is 1. The molecule has 2 aromatic heterocycles. The van der Waals surface area contributed by atoms with Crippen molar-refractivity contribution in [3.8, 4) is 0 Å². The molecule has 0 amide bonds. The Labute approximate surface area is 112 Å². The van der Waals surface area contributed by atoms with Crippen LogP contribution in [-0.4, -0.2) is 10.8 Å². The van der Waals surface area contributed by atoms with Crippen LogP contribution in [0.3, 0.4) is 0 Å². The van der Waals surface area contributed by atoms with Gasteiger partial charge in [-0.15, -0.1) is 0 Å². The minimum absolute atomic E-state index is 0.148. The Morgan fingerprint density at radius 1 is 1.17 bits per heavy atom. The van der Waals surface area contributed by atoms with E-state index in [4.69, 9.17) is 4.42 Å². The van der Waals surface area contributed by atoms with Crippen LogP contribution in [0.1, 0.15) is 16.1 Å². The summed E-state index contributed by atoms with van der Waals surface area (Å²) in [4.78, 5) is 16.6. The molecule has 0 atom stereocenters. The third-order valence-electron chi connectivity index (χ3n) is 2.72. The monoisotopic (exact) mass is 301 g/mol. The highest BCUT2D eigenvalue weighted by atomic mass is 79.9. The molecule has 18 heavy (non-hydrogen) atoms. The molecule has 2 heterocycles. The molecular formula is C14H8BrNO2. The molecule has 3 nitrogen and oxygen atoms in total. The first-order valence-corrected chi connectivity index (χ1v) is 6.18. The molecule has 0 radical (unpaired) electrons. The van der Waals surface area contributed by atoms with E-state index >= 15 is 0 Å². The summed E-state index contributed by atoms with van der Waals surface area (Å²) in [7, 11) is 0. The number of fused-ring (bicyclic) bond motifs is 1. The molecule has 0 fully saturated rings. The zero-order valence-electron chi connectivity index (χ0n) is 9.26. The molecule has 0 N–H and O–H groups in total. The number of furan rings is 1. The van der Waals surface area contributed by atoms with Crippen LogP contribution in [-0.2, 0) is 0 Å². The van der Waals surface area contributed by atoms with Gasteiger partial charge in [0, 0.05) is 17.1 Å². The number of ketones is 1. The van der Waals surface area contributed by atoms with E-state index in [0.29, 0.717) is 15.8 Å². The third-order valence-corrected chi connectivity index (χ3v) is 3.34. The van der Waals surface area contributed by atoms with E-state index in [0.717, 1.165) is 10.9 Å². The Kier molecular flexibility index (Phi) is 2.72. The van der Waals surface area contributed by atoms with Crippen LogP contribution >= 0.6 is 15.9 Å². The van der Waals surface area contributed by atoms with Crippen molar-refractivity contribution in [2.75, 3.05) is 0 Å². The van der Waals surface area contributed by atoms with Crippen LogP contribution in [0.15, 0.2) is 57.7 Å². The molecule has 0 aliphatic heterocycles. The Morgan fingerprint density at radius 3 is 2.78 bits per heavy atom. The highest BCUT2D eigenvalue weighted by molar-refractivity contribution is 9.10. The largest absolute Gasteiger partial charge is 0.460 e. The summed E-state index contributed by atoms with van der Waals surface area (Å²) in [6, 6.07) is 11.0. The molecule has 0 saturated carbocycles. The lowest BCUT2D eigenvalue weighted by Gasteiger charge is -2.03. The minimum atomic E-state index is -0.148. The summed E-state index contributed by atoms with van der Waals surface area (Å²) in [5, 5.41) is 0.827. The second-order valence-corrected chi connectivity index (χ2v) is 4.66. The first-order valence-electron chi connectivity index (χ1n) is 5.39. The van der Waals surface area contributed by atoms with Crippen LogP contribution in [0.25, 0.3) is 10.9 Å². The van der Waals surface area contributed by atoms with Gasteiger partial charge in [-0.25, -0.2) is 0 Å². The molecule has 0 aliphatic rings.